The Bertz CT molecular complexity index is 802. The fourth-order valence-corrected chi connectivity index (χ4v) is 2.26. The first-order valence-electron chi connectivity index (χ1n) is 7.55. The fourth-order valence-electron chi connectivity index (χ4n) is 1.85. The second-order valence-electron chi connectivity index (χ2n) is 5.15. The molecule has 0 spiro atoms. The van der Waals surface area contributed by atoms with E-state index in [0.29, 0.717) is 11.4 Å². The first kappa shape index (κ1) is 19.7. The topological polar surface area (TPSA) is 91.5 Å². The summed E-state index contributed by atoms with van der Waals surface area (Å²) in [6.45, 7) is 1.71. The van der Waals surface area contributed by atoms with Crippen molar-refractivity contribution in [3.8, 4) is 5.75 Å². The summed E-state index contributed by atoms with van der Waals surface area (Å²) >= 11 is 8.33. The second-order valence-corrected chi connectivity index (χ2v) is 6.41. The quantitative estimate of drug-likeness (QED) is 0.436. The number of carbonyl (C=O) groups is 2. The lowest BCUT2D eigenvalue weighted by Crippen LogP contribution is -2.50. The molecule has 0 heterocycles. The SMILES string of the molecule is Cc1cc(OCC(=O)NC(=S)NNC(=O)Nc2ccccc2)ccc1Br. The van der Waals surface area contributed by atoms with Crippen LogP contribution in [0.2, 0.25) is 0 Å². The highest BCUT2D eigenvalue weighted by atomic mass is 79.9. The molecule has 2 aromatic rings. The van der Waals surface area contributed by atoms with Gasteiger partial charge in [-0.3, -0.25) is 15.5 Å². The number of halogens is 1. The third kappa shape index (κ3) is 6.69. The van der Waals surface area contributed by atoms with Crippen molar-refractivity contribution < 1.29 is 14.3 Å². The van der Waals surface area contributed by atoms with Crippen molar-refractivity contribution >= 4 is 50.9 Å². The molecule has 2 aromatic carbocycles. The van der Waals surface area contributed by atoms with E-state index < -0.39 is 11.9 Å². The molecule has 136 valence electrons. The summed E-state index contributed by atoms with van der Waals surface area (Å²) in [6.07, 6.45) is 0. The lowest BCUT2D eigenvalue weighted by atomic mass is 10.2. The highest BCUT2D eigenvalue weighted by Crippen LogP contribution is 2.21. The number of thiocarbonyl (C=S) groups is 1. The Morgan fingerprint density at radius 1 is 1.12 bits per heavy atom. The first-order chi connectivity index (χ1) is 12.4. The van der Waals surface area contributed by atoms with Gasteiger partial charge in [0.2, 0.25) is 0 Å². The highest BCUT2D eigenvalue weighted by molar-refractivity contribution is 9.10. The number of rotatable bonds is 4. The second kappa shape index (κ2) is 9.73. The zero-order valence-corrected chi connectivity index (χ0v) is 16.2. The van der Waals surface area contributed by atoms with Gasteiger partial charge in [0.1, 0.15) is 5.75 Å². The van der Waals surface area contributed by atoms with E-state index >= 15 is 0 Å². The molecule has 0 saturated carbocycles. The average Bonchev–Trinajstić information content (AvgIpc) is 2.62. The summed E-state index contributed by atoms with van der Waals surface area (Å²) in [5, 5.41) is 4.95. The van der Waals surface area contributed by atoms with Gasteiger partial charge in [-0.1, -0.05) is 34.1 Å². The fraction of sp³-hybridized carbons (Fsp3) is 0.118. The van der Waals surface area contributed by atoms with Crippen LogP contribution in [-0.2, 0) is 4.79 Å². The molecule has 0 aromatic heterocycles. The summed E-state index contributed by atoms with van der Waals surface area (Å²) in [5.41, 5.74) is 6.36. The largest absolute Gasteiger partial charge is 0.484 e. The molecule has 9 heteroatoms. The van der Waals surface area contributed by atoms with Crippen LogP contribution >= 0.6 is 28.1 Å². The Balaban J connectivity index is 1.69. The Morgan fingerprint density at radius 3 is 2.54 bits per heavy atom. The number of benzene rings is 2. The van der Waals surface area contributed by atoms with Gasteiger partial charge in [0, 0.05) is 10.2 Å². The number of hydrogen-bond donors (Lipinski definition) is 4. The van der Waals surface area contributed by atoms with Gasteiger partial charge >= 0.3 is 6.03 Å². The van der Waals surface area contributed by atoms with E-state index in [1.54, 1.807) is 30.3 Å². The minimum Gasteiger partial charge on any atom is -0.484 e. The number of hydrogen-bond acceptors (Lipinski definition) is 4. The van der Waals surface area contributed by atoms with Crippen molar-refractivity contribution in [2.24, 2.45) is 0 Å². The van der Waals surface area contributed by atoms with Crippen molar-refractivity contribution in [2.75, 3.05) is 11.9 Å². The van der Waals surface area contributed by atoms with Crippen LogP contribution in [0.5, 0.6) is 5.75 Å². The van der Waals surface area contributed by atoms with Gasteiger partial charge in [-0.05, 0) is 55.0 Å². The van der Waals surface area contributed by atoms with E-state index in [2.05, 4.69) is 37.4 Å². The molecule has 0 saturated heterocycles. The molecular weight excluding hydrogens is 420 g/mol. The minimum atomic E-state index is -0.519. The van der Waals surface area contributed by atoms with E-state index in [1.807, 2.05) is 25.1 Å². The molecule has 0 unspecified atom stereocenters. The smallest absolute Gasteiger partial charge is 0.337 e. The van der Waals surface area contributed by atoms with Gasteiger partial charge in [-0.15, -0.1) is 0 Å². The summed E-state index contributed by atoms with van der Waals surface area (Å²) in [6, 6.07) is 13.8. The lowest BCUT2D eigenvalue weighted by Gasteiger charge is -2.12. The summed E-state index contributed by atoms with van der Waals surface area (Å²) in [4.78, 5) is 23.5. The standard InChI is InChI=1S/C17H17BrN4O3S/c1-11-9-13(7-8-14(11)18)25-10-15(23)20-17(26)22-21-16(24)19-12-5-3-2-4-6-12/h2-9H,10H2,1H3,(H2,19,21,24)(H2,20,22,23,26). The molecule has 0 atom stereocenters. The highest BCUT2D eigenvalue weighted by Gasteiger charge is 2.07. The number of para-hydroxylation sites is 1. The first-order valence-corrected chi connectivity index (χ1v) is 8.75. The molecular formula is C17H17BrN4O3S. The molecule has 26 heavy (non-hydrogen) atoms. The molecule has 7 nitrogen and oxygen atoms in total. The molecule has 3 amide bonds. The third-order valence-electron chi connectivity index (χ3n) is 3.07. The maximum absolute atomic E-state index is 11.8. The number of nitrogens with one attached hydrogen (secondary N) is 4. The predicted molar refractivity (Wildman–Crippen MR) is 107 cm³/mol. The third-order valence-corrected chi connectivity index (χ3v) is 4.17. The van der Waals surface area contributed by atoms with Crippen LogP contribution < -0.4 is 26.2 Å². The summed E-state index contributed by atoms with van der Waals surface area (Å²) in [5.74, 6) is 0.119. The Labute approximate surface area is 164 Å². The van der Waals surface area contributed by atoms with Crippen LogP contribution in [-0.4, -0.2) is 23.7 Å². The maximum Gasteiger partial charge on any atom is 0.337 e. The molecule has 0 aliphatic heterocycles. The average molecular weight is 437 g/mol. The van der Waals surface area contributed by atoms with Crippen LogP contribution in [0.15, 0.2) is 53.0 Å². The van der Waals surface area contributed by atoms with E-state index in [1.165, 1.54) is 0 Å². The number of amides is 3. The van der Waals surface area contributed by atoms with Gasteiger partial charge in [0.15, 0.2) is 11.7 Å². The Hall–Kier alpha value is -2.65. The number of anilines is 1. The predicted octanol–water partition coefficient (Wildman–Crippen LogP) is 2.86. The van der Waals surface area contributed by atoms with Crippen molar-refractivity contribution in [2.45, 2.75) is 6.92 Å². The summed E-state index contributed by atoms with van der Waals surface area (Å²) in [7, 11) is 0. The molecule has 4 N–H and O–H groups in total. The zero-order valence-electron chi connectivity index (χ0n) is 13.8. The normalized spacial score (nSPS) is 9.77. The van der Waals surface area contributed by atoms with E-state index in [-0.39, 0.29) is 11.7 Å². The van der Waals surface area contributed by atoms with Crippen molar-refractivity contribution in [3.05, 3.63) is 58.6 Å². The zero-order chi connectivity index (χ0) is 18.9. The number of ether oxygens (including phenoxy) is 1. The van der Waals surface area contributed by atoms with Gasteiger partial charge in [0.25, 0.3) is 5.91 Å². The van der Waals surface area contributed by atoms with Gasteiger partial charge in [-0.2, -0.15) is 0 Å². The number of hydrazine groups is 1. The Morgan fingerprint density at radius 2 is 1.85 bits per heavy atom. The number of urea groups is 1. The molecule has 0 radical (unpaired) electrons. The maximum atomic E-state index is 11.8. The monoisotopic (exact) mass is 436 g/mol. The number of carbonyl (C=O) groups excluding carboxylic acids is 2. The molecule has 0 bridgehead atoms. The van der Waals surface area contributed by atoms with Gasteiger partial charge in [0.05, 0.1) is 0 Å². The summed E-state index contributed by atoms with van der Waals surface area (Å²) < 4.78 is 6.35. The number of aryl methyl sites for hydroxylation is 1. The van der Waals surface area contributed by atoms with Crippen LogP contribution in [0.4, 0.5) is 10.5 Å². The van der Waals surface area contributed by atoms with Crippen molar-refractivity contribution in [1.82, 2.24) is 16.2 Å². The van der Waals surface area contributed by atoms with Crippen LogP contribution in [0.25, 0.3) is 0 Å². The van der Waals surface area contributed by atoms with E-state index in [4.69, 9.17) is 17.0 Å². The van der Waals surface area contributed by atoms with Crippen LogP contribution in [0.3, 0.4) is 0 Å². The lowest BCUT2D eigenvalue weighted by molar-refractivity contribution is -0.121. The van der Waals surface area contributed by atoms with Crippen molar-refractivity contribution in [3.63, 3.8) is 0 Å². The van der Waals surface area contributed by atoms with Crippen LogP contribution in [0, 0.1) is 6.92 Å². The molecule has 0 aliphatic carbocycles. The van der Waals surface area contributed by atoms with E-state index in [9.17, 15) is 9.59 Å². The van der Waals surface area contributed by atoms with Gasteiger partial charge in [-0.25, -0.2) is 10.2 Å². The molecule has 0 aliphatic rings. The van der Waals surface area contributed by atoms with E-state index in [0.717, 1.165) is 10.0 Å². The van der Waals surface area contributed by atoms with Gasteiger partial charge < -0.3 is 10.1 Å². The molecule has 2 rings (SSSR count). The van der Waals surface area contributed by atoms with Crippen molar-refractivity contribution in [1.29, 1.82) is 0 Å². The molecule has 0 fully saturated rings. The Kier molecular flexibility index (Phi) is 7.37. The van der Waals surface area contributed by atoms with Crippen LogP contribution in [0.1, 0.15) is 5.56 Å². The minimum absolute atomic E-state index is 0.0474.